The first-order valence-corrected chi connectivity index (χ1v) is 13.2. The lowest BCUT2D eigenvalue weighted by Gasteiger charge is -2.34. The molecule has 1 heterocycles. The van der Waals surface area contributed by atoms with E-state index in [1.807, 2.05) is 84.9 Å². The van der Waals surface area contributed by atoms with E-state index in [0.29, 0.717) is 5.69 Å². The van der Waals surface area contributed by atoms with Gasteiger partial charge in [-0.05, 0) is 41.6 Å². The SMILES string of the molecule is O=C(NC1CCCCC1)C(c1ccccc1)N(C(=O)c1csnn1)c1ccccc1-c1ccccc1. The van der Waals surface area contributed by atoms with Gasteiger partial charge in [0.25, 0.3) is 5.91 Å². The highest BCUT2D eigenvalue weighted by molar-refractivity contribution is 7.03. The van der Waals surface area contributed by atoms with Crippen LogP contribution in [0, 0.1) is 0 Å². The van der Waals surface area contributed by atoms with Gasteiger partial charge in [0.15, 0.2) is 5.69 Å². The Hall–Kier alpha value is -3.84. The van der Waals surface area contributed by atoms with Crippen molar-refractivity contribution in [1.82, 2.24) is 14.9 Å². The van der Waals surface area contributed by atoms with E-state index in [2.05, 4.69) is 14.9 Å². The van der Waals surface area contributed by atoms with Crippen molar-refractivity contribution in [3.63, 3.8) is 0 Å². The third-order valence-corrected chi connectivity index (χ3v) is 7.12. The van der Waals surface area contributed by atoms with E-state index in [4.69, 9.17) is 0 Å². The molecule has 1 unspecified atom stereocenters. The minimum Gasteiger partial charge on any atom is -0.351 e. The molecule has 1 aliphatic rings. The minimum absolute atomic E-state index is 0.111. The Morgan fingerprint density at radius 1 is 0.861 bits per heavy atom. The van der Waals surface area contributed by atoms with Crippen molar-refractivity contribution in [3.8, 4) is 11.1 Å². The molecular formula is C29H28N4O2S. The summed E-state index contributed by atoms with van der Waals surface area (Å²) >= 11 is 1.12. The van der Waals surface area contributed by atoms with Crippen LogP contribution in [0.15, 0.2) is 90.3 Å². The number of carbonyl (C=O) groups excluding carboxylic acids is 2. The first-order chi connectivity index (χ1) is 17.7. The Balaban J connectivity index is 1.65. The van der Waals surface area contributed by atoms with Gasteiger partial charge in [-0.3, -0.25) is 14.5 Å². The van der Waals surface area contributed by atoms with Crippen LogP contribution in [0.4, 0.5) is 5.69 Å². The fraction of sp³-hybridized carbons (Fsp3) is 0.241. The smallest absolute Gasteiger partial charge is 0.280 e. The number of nitrogens with one attached hydrogen (secondary N) is 1. The topological polar surface area (TPSA) is 75.2 Å². The molecule has 1 atom stereocenters. The summed E-state index contributed by atoms with van der Waals surface area (Å²) in [7, 11) is 0. The number of carbonyl (C=O) groups is 2. The van der Waals surface area contributed by atoms with Crippen molar-refractivity contribution in [2.45, 2.75) is 44.2 Å². The van der Waals surface area contributed by atoms with Crippen LogP contribution in [0.5, 0.6) is 0 Å². The van der Waals surface area contributed by atoms with Crippen LogP contribution in [0.3, 0.4) is 0 Å². The normalized spacial score (nSPS) is 14.7. The van der Waals surface area contributed by atoms with Crippen LogP contribution in [0.2, 0.25) is 0 Å². The molecule has 4 aromatic rings. The molecule has 0 aliphatic heterocycles. The molecule has 0 spiro atoms. The van der Waals surface area contributed by atoms with Crippen LogP contribution >= 0.6 is 11.5 Å². The molecule has 0 saturated heterocycles. The van der Waals surface area contributed by atoms with Crippen molar-refractivity contribution in [2.24, 2.45) is 0 Å². The van der Waals surface area contributed by atoms with E-state index >= 15 is 0 Å². The molecule has 1 aliphatic carbocycles. The highest BCUT2D eigenvalue weighted by Gasteiger charge is 2.36. The molecule has 7 heteroatoms. The predicted molar refractivity (Wildman–Crippen MR) is 143 cm³/mol. The lowest BCUT2D eigenvalue weighted by Crippen LogP contribution is -2.47. The van der Waals surface area contributed by atoms with Crippen LogP contribution < -0.4 is 10.2 Å². The molecular weight excluding hydrogens is 468 g/mol. The number of aromatic nitrogens is 2. The Kier molecular flexibility index (Phi) is 7.47. The van der Waals surface area contributed by atoms with Crippen molar-refractivity contribution in [1.29, 1.82) is 0 Å². The zero-order valence-corrected chi connectivity index (χ0v) is 20.7. The second kappa shape index (κ2) is 11.3. The number of amides is 2. The average molecular weight is 497 g/mol. The number of hydrogen-bond donors (Lipinski definition) is 1. The maximum absolute atomic E-state index is 14.1. The number of para-hydroxylation sites is 1. The summed E-state index contributed by atoms with van der Waals surface area (Å²) in [5.41, 5.74) is 3.43. The van der Waals surface area contributed by atoms with Gasteiger partial charge in [0, 0.05) is 17.0 Å². The molecule has 6 nitrogen and oxygen atoms in total. The number of anilines is 1. The molecule has 182 valence electrons. The van der Waals surface area contributed by atoms with Crippen LogP contribution in [0.25, 0.3) is 11.1 Å². The monoisotopic (exact) mass is 496 g/mol. The largest absolute Gasteiger partial charge is 0.351 e. The Morgan fingerprint density at radius 2 is 1.53 bits per heavy atom. The molecule has 5 rings (SSSR count). The lowest BCUT2D eigenvalue weighted by molar-refractivity contribution is -0.123. The fourth-order valence-corrected chi connectivity index (χ4v) is 5.30. The molecule has 1 aromatic heterocycles. The average Bonchev–Trinajstić information content (AvgIpc) is 3.48. The maximum atomic E-state index is 14.1. The summed E-state index contributed by atoms with van der Waals surface area (Å²) < 4.78 is 3.91. The molecule has 1 saturated carbocycles. The minimum atomic E-state index is -0.868. The Bertz CT molecular complexity index is 1290. The van der Waals surface area contributed by atoms with Gasteiger partial charge in [-0.25, -0.2) is 0 Å². The van der Waals surface area contributed by atoms with E-state index in [0.717, 1.165) is 53.9 Å². The number of hydrogen-bond acceptors (Lipinski definition) is 5. The third-order valence-electron chi connectivity index (χ3n) is 6.62. The van der Waals surface area contributed by atoms with Gasteiger partial charge in [-0.2, -0.15) is 0 Å². The first kappa shape index (κ1) is 23.9. The number of nitrogens with zero attached hydrogens (tertiary/aromatic N) is 3. The first-order valence-electron chi connectivity index (χ1n) is 12.3. The Morgan fingerprint density at radius 3 is 2.22 bits per heavy atom. The maximum Gasteiger partial charge on any atom is 0.280 e. The van der Waals surface area contributed by atoms with Gasteiger partial charge in [-0.15, -0.1) is 5.10 Å². The van der Waals surface area contributed by atoms with E-state index in [-0.39, 0.29) is 23.6 Å². The molecule has 1 N–H and O–H groups in total. The van der Waals surface area contributed by atoms with Crippen molar-refractivity contribution in [3.05, 3.63) is 102 Å². The molecule has 36 heavy (non-hydrogen) atoms. The number of benzene rings is 3. The van der Waals surface area contributed by atoms with E-state index < -0.39 is 6.04 Å². The molecule has 0 radical (unpaired) electrons. The molecule has 1 fully saturated rings. The predicted octanol–water partition coefficient (Wildman–Crippen LogP) is 6.04. The highest BCUT2D eigenvalue weighted by atomic mass is 32.1. The van der Waals surface area contributed by atoms with Gasteiger partial charge < -0.3 is 5.32 Å². The van der Waals surface area contributed by atoms with Crippen molar-refractivity contribution < 1.29 is 9.59 Å². The highest BCUT2D eigenvalue weighted by Crippen LogP contribution is 2.37. The summed E-state index contributed by atoms with van der Waals surface area (Å²) in [5.74, 6) is -0.549. The van der Waals surface area contributed by atoms with Crippen molar-refractivity contribution >= 4 is 29.0 Å². The zero-order valence-electron chi connectivity index (χ0n) is 19.9. The molecule has 2 amide bonds. The summed E-state index contributed by atoms with van der Waals surface area (Å²) in [5, 5.41) is 8.95. The standard InChI is InChI=1S/C29H28N4O2S/c34-28(30-23-16-8-3-9-17-23)27(22-14-6-2-7-15-22)33(29(35)25-20-36-32-31-25)26-19-11-10-18-24(26)21-12-4-1-5-13-21/h1-2,4-7,10-15,18-20,23,27H,3,8-9,16-17H2,(H,30,34). The second-order valence-corrected chi connectivity index (χ2v) is 9.62. The van der Waals surface area contributed by atoms with E-state index in [1.165, 1.54) is 6.42 Å². The van der Waals surface area contributed by atoms with Gasteiger partial charge in [0.05, 0.1) is 5.69 Å². The van der Waals surface area contributed by atoms with E-state index in [9.17, 15) is 9.59 Å². The summed E-state index contributed by atoms with van der Waals surface area (Å²) in [6.07, 6.45) is 5.31. The van der Waals surface area contributed by atoms with Crippen molar-refractivity contribution in [2.75, 3.05) is 4.90 Å². The van der Waals surface area contributed by atoms with Gasteiger partial charge in [0.1, 0.15) is 6.04 Å². The summed E-state index contributed by atoms with van der Waals surface area (Å²) in [6.45, 7) is 0. The van der Waals surface area contributed by atoms with Gasteiger partial charge in [0.2, 0.25) is 5.91 Å². The summed E-state index contributed by atoms with van der Waals surface area (Å²) in [4.78, 5) is 29.7. The number of rotatable bonds is 7. The van der Waals surface area contributed by atoms with Gasteiger partial charge in [-0.1, -0.05) is 103 Å². The van der Waals surface area contributed by atoms with Crippen LogP contribution in [-0.4, -0.2) is 27.4 Å². The zero-order chi connectivity index (χ0) is 24.7. The van der Waals surface area contributed by atoms with E-state index in [1.54, 1.807) is 10.3 Å². The Labute approximate surface area is 215 Å². The summed E-state index contributed by atoms with van der Waals surface area (Å²) in [6, 6.07) is 26.3. The third kappa shape index (κ3) is 5.21. The quantitative estimate of drug-likeness (QED) is 0.338. The van der Waals surface area contributed by atoms with Crippen LogP contribution in [-0.2, 0) is 4.79 Å². The second-order valence-electron chi connectivity index (χ2n) is 9.01. The lowest BCUT2D eigenvalue weighted by atomic mass is 9.94. The van der Waals surface area contributed by atoms with Gasteiger partial charge >= 0.3 is 0 Å². The fourth-order valence-electron chi connectivity index (χ4n) is 4.87. The molecule has 3 aromatic carbocycles. The van der Waals surface area contributed by atoms with Crippen LogP contribution in [0.1, 0.15) is 54.2 Å². The molecule has 0 bridgehead atoms.